The number of pyridine rings is 1. The molecule has 2 heterocycles. The number of anilines is 1. The molecule has 0 amide bonds. The summed E-state index contributed by atoms with van der Waals surface area (Å²) in [7, 11) is 2.01. The van der Waals surface area contributed by atoms with E-state index in [1.807, 2.05) is 63.4 Å². The third-order valence-electron chi connectivity index (χ3n) is 3.98. The van der Waals surface area contributed by atoms with E-state index >= 15 is 0 Å². The van der Waals surface area contributed by atoms with Crippen molar-refractivity contribution in [2.45, 2.75) is 20.4 Å². The van der Waals surface area contributed by atoms with Crippen molar-refractivity contribution in [3.05, 3.63) is 70.5 Å². The summed E-state index contributed by atoms with van der Waals surface area (Å²) in [5, 5.41) is 0.762. The van der Waals surface area contributed by atoms with Crippen molar-refractivity contribution in [1.82, 2.24) is 15.0 Å². The van der Waals surface area contributed by atoms with Gasteiger partial charge in [-0.1, -0.05) is 35.9 Å². The summed E-state index contributed by atoms with van der Waals surface area (Å²) in [6.07, 6.45) is 1.75. The van der Waals surface area contributed by atoms with Gasteiger partial charge in [0, 0.05) is 36.1 Å². The van der Waals surface area contributed by atoms with E-state index in [1.54, 1.807) is 6.20 Å². The molecule has 0 saturated heterocycles. The highest BCUT2D eigenvalue weighted by atomic mass is 35.5. The summed E-state index contributed by atoms with van der Waals surface area (Å²) in [5.74, 6) is 1.53. The van der Waals surface area contributed by atoms with Gasteiger partial charge in [0.05, 0.1) is 0 Å². The van der Waals surface area contributed by atoms with Crippen LogP contribution in [0.4, 0.5) is 5.82 Å². The second-order valence-electron chi connectivity index (χ2n) is 5.74. The van der Waals surface area contributed by atoms with Crippen molar-refractivity contribution in [2.75, 3.05) is 11.9 Å². The van der Waals surface area contributed by atoms with Crippen molar-refractivity contribution in [3.63, 3.8) is 0 Å². The predicted octanol–water partition coefficient (Wildman–Crippen LogP) is 4.45. The van der Waals surface area contributed by atoms with E-state index in [-0.39, 0.29) is 0 Å². The zero-order chi connectivity index (χ0) is 17.1. The normalized spacial score (nSPS) is 10.7. The van der Waals surface area contributed by atoms with Crippen LogP contribution in [0.2, 0.25) is 5.02 Å². The van der Waals surface area contributed by atoms with Crippen LogP contribution in [0.25, 0.3) is 11.5 Å². The molecule has 0 fully saturated rings. The second kappa shape index (κ2) is 6.97. The van der Waals surface area contributed by atoms with Crippen LogP contribution >= 0.6 is 11.6 Å². The number of halogens is 1. The molecular weight excluding hydrogens is 320 g/mol. The van der Waals surface area contributed by atoms with Gasteiger partial charge >= 0.3 is 0 Å². The standard InChI is InChI=1S/C19H19ClN4/c1-13-14(2)22-18(17-10-6-7-11-21-17)23-19(13)24(3)12-15-8-4-5-9-16(15)20/h4-11H,12H2,1-3H3. The Morgan fingerprint density at radius 3 is 2.46 bits per heavy atom. The van der Waals surface area contributed by atoms with Gasteiger partial charge in [0.2, 0.25) is 0 Å². The summed E-state index contributed by atoms with van der Waals surface area (Å²) in [4.78, 5) is 15.8. The Balaban J connectivity index is 1.98. The maximum Gasteiger partial charge on any atom is 0.180 e. The van der Waals surface area contributed by atoms with Crippen LogP contribution in [-0.4, -0.2) is 22.0 Å². The lowest BCUT2D eigenvalue weighted by atomic mass is 10.2. The minimum Gasteiger partial charge on any atom is -0.355 e. The molecule has 0 atom stereocenters. The topological polar surface area (TPSA) is 41.9 Å². The molecule has 3 aromatic rings. The largest absolute Gasteiger partial charge is 0.355 e. The van der Waals surface area contributed by atoms with Crippen molar-refractivity contribution < 1.29 is 0 Å². The molecule has 0 aliphatic rings. The minimum absolute atomic E-state index is 0.639. The number of hydrogen-bond donors (Lipinski definition) is 0. The molecule has 4 nitrogen and oxygen atoms in total. The molecule has 0 N–H and O–H groups in total. The average molecular weight is 339 g/mol. The van der Waals surface area contributed by atoms with Gasteiger partial charge in [-0.2, -0.15) is 0 Å². The molecule has 0 aliphatic heterocycles. The lowest BCUT2D eigenvalue weighted by Crippen LogP contribution is -2.20. The fourth-order valence-electron chi connectivity index (χ4n) is 2.55. The van der Waals surface area contributed by atoms with E-state index in [2.05, 4.69) is 14.9 Å². The van der Waals surface area contributed by atoms with Crippen molar-refractivity contribution in [1.29, 1.82) is 0 Å². The second-order valence-corrected chi connectivity index (χ2v) is 6.15. The van der Waals surface area contributed by atoms with Crippen LogP contribution in [0, 0.1) is 13.8 Å². The highest BCUT2D eigenvalue weighted by Crippen LogP contribution is 2.25. The van der Waals surface area contributed by atoms with Crippen LogP contribution < -0.4 is 4.90 Å². The number of aromatic nitrogens is 3. The van der Waals surface area contributed by atoms with Crippen LogP contribution in [-0.2, 0) is 6.54 Å². The first-order chi connectivity index (χ1) is 11.6. The molecule has 1 aromatic carbocycles. The third-order valence-corrected chi connectivity index (χ3v) is 4.35. The van der Waals surface area contributed by atoms with Gasteiger partial charge in [0.1, 0.15) is 11.5 Å². The summed E-state index contributed by atoms with van der Waals surface area (Å²) in [6.45, 7) is 4.71. The molecule has 0 radical (unpaired) electrons. The van der Waals surface area contributed by atoms with Crippen LogP contribution in [0.3, 0.4) is 0 Å². The van der Waals surface area contributed by atoms with E-state index in [4.69, 9.17) is 16.6 Å². The monoisotopic (exact) mass is 338 g/mol. The highest BCUT2D eigenvalue weighted by Gasteiger charge is 2.14. The minimum atomic E-state index is 0.639. The van der Waals surface area contributed by atoms with Crippen LogP contribution in [0.5, 0.6) is 0 Å². The van der Waals surface area contributed by atoms with Gasteiger partial charge in [-0.25, -0.2) is 9.97 Å². The Morgan fingerprint density at radius 2 is 1.75 bits per heavy atom. The maximum atomic E-state index is 6.28. The lowest BCUT2D eigenvalue weighted by molar-refractivity contribution is 0.877. The van der Waals surface area contributed by atoms with Gasteiger partial charge in [0.15, 0.2) is 5.82 Å². The zero-order valence-electron chi connectivity index (χ0n) is 14.0. The number of rotatable bonds is 4. The quantitative estimate of drug-likeness (QED) is 0.705. The van der Waals surface area contributed by atoms with Gasteiger partial charge in [-0.15, -0.1) is 0 Å². The van der Waals surface area contributed by atoms with Crippen molar-refractivity contribution >= 4 is 17.4 Å². The number of hydrogen-bond acceptors (Lipinski definition) is 4. The SMILES string of the molecule is Cc1nc(-c2ccccn2)nc(N(C)Cc2ccccc2Cl)c1C. The molecular formula is C19H19ClN4. The lowest BCUT2D eigenvalue weighted by Gasteiger charge is -2.22. The average Bonchev–Trinajstić information content (AvgIpc) is 2.60. The fourth-order valence-corrected chi connectivity index (χ4v) is 2.75. The van der Waals surface area contributed by atoms with E-state index in [0.717, 1.165) is 33.4 Å². The smallest absolute Gasteiger partial charge is 0.180 e. The Morgan fingerprint density at radius 1 is 1.00 bits per heavy atom. The molecule has 0 saturated carbocycles. The molecule has 3 rings (SSSR count). The molecule has 5 heteroatoms. The summed E-state index contributed by atoms with van der Waals surface area (Å²) in [6, 6.07) is 13.6. The van der Waals surface area contributed by atoms with Crippen molar-refractivity contribution in [2.24, 2.45) is 0 Å². The first kappa shape index (κ1) is 16.4. The Kier molecular flexibility index (Phi) is 4.76. The molecule has 2 aromatic heterocycles. The van der Waals surface area contributed by atoms with Gasteiger partial charge in [0.25, 0.3) is 0 Å². The zero-order valence-corrected chi connectivity index (χ0v) is 14.7. The van der Waals surface area contributed by atoms with Crippen LogP contribution in [0.15, 0.2) is 48.7 Å². The summed E-state index contributed by atoms with van der Waals surface area (Å²) in [5.41, 5.74) is 3.85. The molecule has 24 heavy (non-hydrogen) atoms. The van der Waals surface area contributed by atoms with E-state index < -0.39 is 0 Å². The first-order valence-electron chi connectivity index (χ1n) is 7.77. The molecule has 0 unspecified atom stereocenters. The van der Waals surface area contributed by atoms with Gasteiger partial charge in [-0.05, 0) is 37.6 Å². The van der Waals surface area contributed by atoms with E-state index in [1.165, 1.54) is 0 Å². The molecule has 0 bridgehead atoms. The van der Waals surface area contributed by atoms with Gasteiger partial charge in [-0.3, -0.25) is 4.98 Å². The Hall–Kier alpha value is -2.46. The molecule has 0 spiro atoms. The predicted molar refractivity (Wildman–Crippen MR) is 98.3 cm³/mol. The van der Waals surface area contributed by atoms with E-state index in [0.29, 0.717) is 12.4 Å². The molecule has 122 valence electrons. The highest BCUT2D eigenvalue weighted by molar-refractivity contribution is 6.31. The van der Waals surface area contributed by atoms with E-state index in [9.17, 15) is 0 Å². The van der Waals surface area contributed by atoms with Gasteiger partial charge < -0.3 is 4.90 Å². The third kappa shape index (κ3) is 3.39. The summed E-state index contributed by atoms with van der Waals surface area (Å²) >= 11 is 6.28. The van der Waals surface area contributed by atoms with Crippen molar-refractivity contribution in [3.8, 4) is 11.5 Å². The number of nitrogens with zero attached hydrogens (tertiary/aromatic N) is 4. The Labute approximate surface area is 147 Å². The first-order valence-corrected chi connectivity index (χ1v) is 8.15. The van der Waals surface area contributed by atoms with Crippen LogP contribution in [0.1, 0.15) is 16.8 Å². The Bertz CT molecular complexity index is 849. The number of aryl methyl sites for hydroxylation is 1. The summed E-state index contributed by atoms with van der Waals surface area (Å²) < 4.78 is 0. The fraction of sp³-hybridized carbons (Fsp3) is 0.211. The molecule has 0 aliphatic carbocycles. The maximum absolute atomic E-state index is 6.28. The number of benzene rings is 1.